The summed E-state index contributed by atoms with van der Waals surface area (Å²) in [7, 11) is -3.99. The fraction of sp³-hybridized carbons (Fsp3) is 0. The third kappa shape index (κ3) is 3.22. The van der Waals surface area contributed by atoms with Crippen molar-refractivity contribution in [3.63, 3.8) is 0 Å². The van der Waals surface area contributed by atoms with Gasteiger partial charge in [-0.3, -0.25) is 0 Å². The minimum atomic E-state index is -3.99. The lowest BCUT2D eigenvalue weighted by Crippen LogP contribution is -2.18. The van der Waals surface area contributed by atoms with Crippen LogP contribution in [0.5, 0.6) is 11.5 Å². The fourth-order valence-electron chi connectivity index (χ4n) is 1.49. The number of aromatic hydroxyl groups is 1. The molecule has 3 N–H and O–H groups in total. The fourth-order valence-corrected chi connectivity index (χ4v) is 1.87. The highest BCUT2D eigenvalue weighted by molar-refractivity contribution is 7.84. The molecule has 0 radical (unpaired) electrons. The number of hydrogen-bond acceptors (Lipinski definition) is 4. The molecule has 0 saturated carbocycles. The first-order chi connectivity index (χ1) is 8.44. The molecule has 0 aliphatic rings. The third-order valence-electron chi connectivity index (χ3n) is 2.27. The first-order valence-corrected chi connectivity index (χ1v) is 6.53. The summed E-state index contributed by atoms with van der Waals surface area (Å²) in [5.74, 6) is 0.341. The van der Waals surface area contributed by atoms with Crippen LogP contribution in [0.3, 0.4) is 0 Å². The molecule has 0 saturated heterocycles. The highest BCUT2D eigenvalue weighted by Gasteiger charge is 2.05. The highest BCUT2D eigenvalue weighted by atomic mass is 32.2. The second-order valence-corrected chi connectivity index (χ2v) is 4.80. The molecule has 0 bridgehead atoms. The molecule has 0 heterocycles. The molecule has 0 amide bonds. The Balaban J connectivity index is 2.25. The molecule has 2 aromatic rings. The Morgan fingerprint density at radius 1 is 0.889 bits per heavy atom. The normalized spacial score (nSPS) is 11.2. The molecule has 0 unspecified atom stereocenters. The number of phenolic OH excluding ortho intramolecular Hbond substituents is 1. The van der Waals surface area contributed by atoms with Gasteiger partial charge >= 0.3 is 10.3 Å². The van der Waals surface area contributed by atoms with Gasteiger partial charge in [-0.25, -0.2) is 0 Å². The number of hydrogen-bond donors (Lipinski definition) is 2. The van der Waals surface area contributed by atoms with E-state index in [0.717, 1.165) is 11.1 Å². The van der Waals surface area contributed by atoms with Crippen molar-refractivity contribution in [1.29, 1.82) is 0 Å². The van der Waals surface area contributed by atoms with Gasteiger partial charge in [0.1, 0.15) is 11.5 Å². The van der Waals surface area contributed by atoms with Crippen LogP contribution in [0.4, 0.5) is 0 Å². The van der Waals surface area contributed by atoms with Crippen LogP contribution >= 0.6 is 0 Å². The third-order valence-corrected chi connectivity index (χ3v) is 2.69. The Kier molecular flexibility index (Phi) is 3.22. The first kappa shape index (κ1) is 12.4. The highest BCUT2D eigenvalue weighted by Crippen LogP contribution is 2.24. The van der Waals surface area contributed by atoms with Crippen LogP contribution in [0.1, 0.15) is 0 Å². The molecule has 0 atom stereocenters. The van der Waals surface area contributed by atoms with Crippen molar-refractivity contribution in [2.45, 2.75) is 0 Å². The van der Waals surface area contributed by atoms with Crippen molar-refractivity contribution in [3.05, 3.63) is 48.5 Å². The van der Waals surface area contributed by atoms with Crippen molar-refractivity contribution < 1.29 is 17.7 Å². The molecule has 0 aliphatic heterocycles. The summed E-state index contributed by atoms with van der Waals surface area (Å²) in [5.41, 5.74) is 1.77. The van der Waals surface area contributed by atoms with Gasteiger partial charge in [0.25, 0.3) is 0 Å². The lowest BCUT2D eigenvalue weighted by Gasteiger charge is -2.05. The molecular formula is C12H11NO4S. The quantitative estimate of drug-likeness (QED) is 0.882. The van der Waals surface area contributed by atoms with Crippen LogP contribution in [0, 0.1) is 0 Å². The summed E-state index contributed by atoms with van der Waals surface area (Å²) < 4.78 is 26.0. The number of nitrogens with two attached hydrogens (primary N) is 1. The Morgan fingerprint density at radius 2 is 1.33 bits per heavy atom. The number of benzene rings is 2. The van der Waals surface area contributed by atoms with Crippen LogP contribution in [0.15, 0.2) is 48.5 Å². The van der Waals surface area contributed by atoms with Gasteiger partial charge in [0, 0.05) is 0 Å². The average molecular weight is 265 g/mol. The Labute approximate surface area is 105 Å². The largest absolute Gasteiger partial charge is 0.508 e. The molecule has 18 heavy (non-hydrogen) atoms. The minimum Gasteiger partial charge on any atom is -0.508 e. The van der Waals surface area contributed by atoms with E-state index < -0.39 is 10.3 Å². The topological polar surface area (TPSA) is 89.6 Å². The van der Waals surface area contributed by atoms with E-state index in [1.165, 1.54) is 12.1 Å². The van der Waals surface area contributed by atoms with E-state index in [0.29, 0.717) is 0 Å². The van der Waals surface area contributed by atoms with Crippen LogP contribution in [0.25, 0.3) is 11.1 Å². The van der Waals surface area contributed by atoms with Crippen molar-refractivity contribution in [3.8, 4) is 22.6 Å². The molecular weight excluding hydrogens is 254 g/mol. The SMILES string of the molecule is NS(=O)(=O)Oc1ccc(-c2ccc(O)cc2)cc1. The van der Waals surface area contributed by atoms with Gasteiger partial charge in [-0.05, 0) is 35.4 Å². The average Bonchev–Trinajstić information content (AvgIpc) is 2.29. The van der Waals surface area contributed by atoms with Gasteiger partial charge < -0.3 is 9.29 Å². The van der Waals surface area contributed by atoms with Crippen LogP contribution in [-0.2, 0) is 10.3 Å². The van der Waals surface area contributed by atoms with E-state index in [2.05, 4.69) is 4.18 Å². The second kappa shape index (κ2) is 4.67. The van der Waals surface area contributed by atoms with Gasteiger partial charge in [0.05, 0.1) is 0 Å². The zero-order chi connectivity index (χ0) is 13.2. The van der Waals surface area contributed by atoms with E-state index in [-0.39, 0.29) is 11.5 Å². The van der Waals surface area contributed by atoms with Gasteiger partial charge in [-0.2, -0.15) is 13.6 Å². The minimum absolute atomic E-state index is 0.153. The Morgan fingerprint density at radius 3 is 1.78 bits per heavy atom. The van der Waals surface area contributed by atoms with Gasteiger partial charge in [0.15, 0.2) is 0 Å². The maximum Gasteiger partial charge on any atom is 0.380 e. The molecule has 2 rings (SSSR count). The van der Waals surface area contributed by atoms with Gasteiger partial charge in [-0.1, -0.05) is 24.3 Å². The summed E-state index contributed by atoms with van der Waals surface area (Å²) in [5, 5.41) is 13.9. The van der Waals surface area contributed by atoms with Gasteiger partial charge in [-0.15, -0.1) is 0 Å². The first-order valence-electron chi connectivity index (χ1n) is 5.06. The molecule has 94 valence electrons. The summed E-state index contributed by atoms with van der Waals surface area (Å²) in [4.78, 5) is 0. The van der Waals surface area contributed by atoms with E-state index in [1.807, 2.05) is 0 Å². The van der Waals surface area contributed by atoms with Crippen LogP contribution in [-0.4, -0.2) is 13.5 Å². The molecule has 0 fully saturated rings. The number of rotatable bonds is 3. The van der Waals surface area contributed by atoms with Crippen molar-refractivity contribution in [2.24, 2.45) is 5.14 Å². The van der Waals surface area contributed by atoms with E-state index in [4.69, 9.17) is 5.14 Å². The Bertz CT molecular complexity index is 633. The van der Waals surface area contributed by atoms with Crippen molar-refractivity contribution in [1.82, 2.24) is 0 Å². The molecule has 2 aromatic carbocycles. The molecule has 0 aromatic heterocycles. The second-order valence-electron chi connectivity index (χ2n) is 3.65. The maximum absolute atomic E-state index is 10.7. The van der Waals surface area contributed by atoms with Gasteiger partial charge in [0.2, 0.25) is 0 Å². The molecule has 0 spiro atoms. The molecule has 6 heteroatoms. The maximum atomic E-state index is 10.7. The van der Waals surface area contributed by atoms with E-state index in [9.17, 15) is 13.5 Å². The predicted molar refractivity (Wildman–Crippen MR) is 67.3 cm³/mol. The summed E-state index contributed by atoms with van der Waals surface area (Å²) in [6, 6.07) is 13.1. The summed E-state index contributed by atoms with van der Waals surface area (Å²) >= 11 is 0. The summed E-state index contributed by atoms with van der Waals surface area (Å²) in [6.07, 6.45) is 0. The van der Waals surface area contributed by atoms with Crippen molar-refractivity contribution >= 4 is 10.3 Å². The lowest BCUT2D eigenvalue weighted by atomic mass is 10.1. The zero-order valence-electron chi connectivity index (χ0n) is 9.28. The summed E-state index contributed by atoms with van der Waals surface area (Å²) in [6.45, 7) is 0. The van der Waals surface area contributed by atoms with Crippen LogP contribution < -0.4 is 9.32 Å². The number of phenols is 1. The zero-order valence-corrected chi connectivity index (χ0v) is 10.1. The van der Waals surface area contributed by atoms with Crippen LogP contribution in [0.2, 0.25) is 0 Å². The van der Waals surface area contributed by atoms with E-state index >= 15 is 0 Å². The molecule has 0 aliphatic carbocycles. The smallest absolute Gasteiger partial charge is 0.380 e. The monoisotopic (exact) mass is 265 g/mol. The van der Waals surface area contributed by atoms with E-state index in [1.54, 1.807) is 36.4 Å². The predicted octanol–water partition coefficient (Wildman–Crippen LogP) is 1.64. The lowest BCUT2D eigenvalue weighted by molar-refractivity contribution is 0.475. The van der Waals surface area contributed by atoms with Crippen molar-refractivity contribution in [2.75, 3.05) is 0 Å². The standard InChI is InChI=1S/C12H11NO4S/c13-18(15,16)17-12-7-3-10(4-8-12)9-1-5-11(14)6-2-9/h1-8,14H,(H2,13,15,16). The molecule has 5 nitrogen and oxygen atoms in total. The Hall–Kier alpha value is -2.05.